The molecular weight excluding hydrogens is 352 g/mol. The highest BCUT2D eigenvalue weighted by Crippen LogP contribution is 2.14. The van der Waals surface area contributed by atoms with Crippen LogP contribution < -0.4 is 5.56 Å². The van der Waals surface area contributed by atoms with Gasteiger partial charge >= 0.3 is 0 Å². The van der Waals surface area contributed by atoms with Crippen LogP contribution in [-0.2, 0) is 6.54 Å². The third-order valence-corrected chi connectivity index (χ3v) is 5.12. The maximum atomic E-state index is 12.7. The predicted octanol–water partition coefficient (Wildman–Crippen LogP) is 2.36. The Hall–Kier alpha value is -3.43. The summed E-state index contributed by atoms with van der Waals surface area (Å²) in [4.78, 5) is 32.0. The van der Waals surface area contributed by atoms with Crippen LogP contribution in [0.25, 0.3) is 10.9 Å². The first-order chi connectivity index (χ1) is 13.6. The van der Waals surface area contributed by atoms with Gasteiger partial charge in [0.05, 0.1) is 11.6 Å². The quantitative estimate of drug-likeness (QED) is 0.765. The lowest BCUT2D eigenvalue weighted by Gasteiger charge is -2.34. The van der Waals surface area contributed by atoms with E-state index in [9.17, 15) is 9.59 Å². The number of H-pyrrole nitrogens is 1. The number of hydrogen-bond acceptors (Lipinski definition) is 4. The molecule has 4 rings (SSSR count). The van der Waals surface area contributed by atoms with Gasteiger partial charge in [-0.2, -0.15) is 5.26 Å². The Bertz CT molecular complexity index is 1120. The van der Waals surface area contributed by atoms with E-state index in [-0.39, 0.29) is 11.5 Å². The number of para-hydroxylation sites is 1. The molecule has 2 heterocycles. The van der Waals surface area contributed by atoms with Crippen LogP contribution in [0.15, 0.2) is 59.4 Å². The molecule has 6 heteroatoms. The summed E-state index contributed by atoms with van der Waals surface area (Å²) < 4.78 is 0. The molecule has 1 fully saturated rings. The van der Waals surface area contributed by atoms with E-state index in [0.29, 0.717) is 43.9 Å². The maximum absolute atomic E-state index is 12.7. The van der Waals surface area contributed by atoms with Gasteiger partial charge in [-0.05, 0) is 35.7 Å². The van der Waals surface area contributed by atoms with E-state index >= 15 is 0 Å². The smallest absolute Gasteiger partial charge is 0.253 e. The molecule has 0 saturated carbocycles. The van der Waals surface area contributed by atoms with Gasteiger partial charge in [0.25, 0.3) is 11.5 Å². The van der Waals surface area contributed by atoms with Crippen molar-refractivity contribution in [1.82, 2.24) is 14.8 Å². The maximum Gasteiger partial charge on any atom is 0.253 e. The summed E-state index contributed by atoms with van der Waals surface area (Å²) in [5, 5.41) is 10.0. The number of nitriles is 1. The second kappa shape index (κ2) is 7.67. The third kappa shape index (κ3) is 3.66. The number of rotatable bonds is 3. The Morgan fingerprint density at radius 2 is 1.82 bits per heavy atom. The number of amides is 1. The van der Waals surface area contributed by atoms with Gasteiger partial charge in [0, 0.05) is 49.4 Å². The Morgan fingerprint density at radius 1 is 1.04 bits per heavy atom. The summed E-state index contributed by atoms with van der Waals surface area (Å²) in [6.07, 6.45) is 0. The minimum absolute atomic E-state index is 0.0553. The van der Waals surface area contributed by atoms with Crippen molar-refractivity contribution >= 4 is 16.8 Å². The lowest BCUT2D eigenvalue weighted by Crippen LogP contribution is -2.48. The molecule has 0 spiro atoms. The molecule has 1 aromatic heterocycles. The van der Waals surface area contributed by atoms with Gasteiger partial charge in [-0.1, -0.05) is 24.3 Å². The van der Waals surface area contributed by atoms with Crippen LogP contribution in [0.1, 0.15) is 21.5 Å². The third-order valence-electron chi connectivity index (χ3n) is 5.12. The zero-order chi connectivity index (χ0) is 19.5. The molecule has 1 aliphatic rings. The molecule has 0 bridgehead atoms. The Labute approximate surface area is 162 Å². The summed E-state index contributed by atoms with van der Waals surface area (Å²) in [5.74, 6) is -0.0553. The average molecular weight is 372 g/mol. The predicted molar refractivity (Wildman–Crippen MR) is 107 cm³/mol. The molecule has 140 valence electrons. The molecule has 6 nitrogen and oxygen atoms in total. The van der Waals surface area contributed by atoms with Gasteiger partial charge in [-0.15, -0.1) is 0 Å². The number of aromatic amines is 1. The van der Waals surface area contributed by atoms with E-state index in [1.54, 1.807) is 29.2 Å². The van der Waals surface area contributed by atoms with E-state index in [4.69, 9.17) is 5.26 Å². The largest absolute Gasteiger partial charge is 0.336 e. The van der Waals surface area contributed by atoms with Crippen LogP contribution >= 0.6 is 0 Å². The van der Waals surface area contributed by atoms with Crippen LogP contribution in [0.5, 0.6) is 0 Å². The number of aromatic nitrogens is 1. The van der Waals surface area contributed by atoms with Crippen molar-refractivity contribution in [1.29, 1.82) is 5.26 Å². The highest BCUT2D eigenvalue weighted by molar-refractivity contribution is 5.94. The van der Waals surface area contributed by atoms with Gasteiger partial charge in [0.1, 0.15) is 0 Å². The average Bonchev–Trinajstić information content (AvgIpc) is 2.74. The molecule has 1 amide bonds. The Morgan fingerprint density at radius 3 is 2.61 bits per heavy atom. The van der Waals surface area contributed by atoms with Crippen LogP contribution in [0, 0.1) is 11.3 Å². The number of nitrogens with one attached hydrogen (secondary N) is 1. The van der Waals surface area contributed by atoms with Crippen LogP contribution in [-0.4, -0.2) is 46.9 Å². The fourth-order valence-electron chi connectivity index (χ4n) is 3.56. The number of piperazine rings is 1. The van der Waals surface area contributed by atoms with Crippen LogP contribution in [0.3, 0.4) is 0 Å². The molecule has 1 aliphatic heterocycles. The van der Waals surface area contributed by atoms with Gasteiger partial charge in [-0.25, -0.2) is 0 Å². The lowest BCUT2D eigenvalue weighted by molar-refractivity contribution is 0.0628. The first-order valence-corrected chi connectivity index (χ1v) is 9.27. The van der Waals surface area contributed by atoms with Gasteiger partial charge < -0.3 is 9.88 Å². The lowest BCUT2D eigenvalue weighted by atomic mass is 10.1. The molecule has 0 atom stereocenters. The number of hydrogen-bond donors (Lipinski definition) is 1. The summed E-state index contributed by atoms with van der Waals surface area (Å²) in [6.45, 7) is 3.17. The second-order valence-corrected chi connectivity index (χ2v) is 6.97. The molecular formula is C22H20N4O2. The number of nitrogens with zero attached hydrogens (tertiary/aromatic N) is 3. The van der Waals surface area contributed by atoms with Crippen molar-refractivity contribution in [2.24, 2.45) is 0 Å². The van der Waals surface area contributed by atoms with E-state index in [2.05, 4.69) is 16.0 Å². The van der Waals surface area contributed by atoms with Crippen molar-refractivity contribution in [2.45, 2.75) is 6.54 Å². The van der Waals surface area contributed by atoms with E-state index in [0.717, 1.165) is 16.5 Å². The zero-order valence-electron chi connectivity index (χ0n) is 15.4. The second-order valence-electron chi connectivity index (χ2n) is 6.97. The summed E-state index contributed by atoms with van der Waals surface area (Å²) >= 11 is 0. The van der Waals surface area contributed by atoms with Crippen molar-refractivity contribution in [3.05, 3.63) is 81.6 Å². The van der Waals surface area contributed by atoms with E-state index in [1.807, 2.05) is 30.3 Å². The zero-order valence-corrected chi connectivity index (χ0v) is 15.4. The van der Waals surface area contributed by atoms with Gasteiger partial charge in [0.15, 0.2) is 0 Å². The van der Waals surface area contributed by atoms with Gasteiger partial charge in [0.2, 0.25) is 0 Å². The minimum atomic E-state index is -0.0643. The Balaban J connectivity index is 1.42. The highest BCUT2D eigenvalue weighted by atomic mass is 16.2. The number of pyridine rings is 1. The fourth-order valence-corrected chi connectivity index (χ4v) is 3.56. The first kappa shape index (κ1) is 18.0. The first-order valence-electron chi connectivity index (χ1n) is 9.27. The Kier molecular flexibility index (Phi) is 4.92. The summed E-state index contributed by atoms with van der Waals surface area (Å²) in [5.41, 5.74) is 2.54. The molecule has 1 N–H and O–H groups in total. The minimum Gasteiger partial charge on any atom is -0.336 e. The summed E-state index contributed by atoms with van der Waals surface area (Å²) in [7, 11) is 0. The summed E-state index contributed by atoms with van der Waals surface area (Å²) in [6, 6.07) is 18.5. The van der Waals surface area contributed by atoms with Crippen molar-refractivity contribution in [3.63, 3.8) is 0 Å². The van der Waals surface area contributed by atoms with E-state index in [1.165, 1.54) is 0 Å². The van der Waals surface area contributed by atoms with Gasteiger partial charge in [-0.3, -0.25) is 14.5 Å². The molecule has 28 heavy (non-hydrogen) atoms. The molecule has 1 saturated heterocycles. The number of benzene rings is 2. The van der Waals surface area contributed by atoms with Crippen LogP contribution in [0.2, 0.25) is 0 Å². The number of carbonyl (C=O) groups excluding carboxylic acids is 1. The highest BCUT2D eigenvalue weighted by Gasteiger charge is 2.23. The monoisotopic (exact) mass is 372 g/mol. The van der Waals surface area contributed by atoms with Crippen molar-refractivity contribution in [2.75, 3.05) is 26.2 Å². The molecule has 2 aromatic carbocycles. The number of fused-ring (bicyclic) bond motifs is 1. The molecule has 0 radical (unpaired) electrons. The normalized spacial score (nSPS) is 14.8. The van der Waals surface area contributed by atoms with Crippen molar-refractivity contribution in [3.8, 4) is 6.07 Å². The number of carbonyl (C=O) groups is 1. The SMILES string of the molecule is N#Cc1cccc(C(=O)N2CCN(Cc3cc4ccccc4[nH]c3=O)CC2)c1. The topological polar surface area (TPSA) is 80.2 Å². The molecule has 0 aliphatic carbocycles. The van der Waals surface area contributed by atoms with Crippen LogP contribution in [0.4, 0.5) is 0 Å². The molecule has 3 aromatic rings. The standard InChI is InChI=1S/C22H20N4O2/c23-14-16-4-3-6-18(12-16)22(28)26-10-8-25(9-11-26)15-19-13-17-5-1-2-7-20(17)24-21(19)27/h1-7,12-13H,8-11,15H2,(H,24,27). The molecule has 0 unspecified atom stereocenters. The fraction of sp³-hybridized carbons (Fsp3) is 0.227. The van der Waals surface area contributed by atoms with E-state index < -0.39 is 0 Å². The van der Waals surface area contributed by atoms with Crippen molar-refractivity contribution < 1.29 is 4.79 Å².